The van der Waals surface area contributed by atoms with Crippen molar-refractivity contribution in [2.24, 2.45) is 7.05 Å². The second-order valence-corrected chi connectivity index (χ2v) is 4.79. The number of anilines is 1. The molecule has 0 fully saturated rings. The van der Waals surface area contributed by atoms with Gasteiger partial charge in [0.05, 0.1) is 24.2 Å². The number of hydrogen-bond acceptors (Lipinski definition) is 6. The smallest absolute Gasteiger partial charge is 0.163 e. The van der Waals surface area contributed by atoms with E-state index in [-0.39, 0.29) is 6.10 Å². The van der Waals surface area contributed by atoms with E-state index in [1.807, 2.05) is 26.0 Å². The van der Waals surface area contributed by atoms with Crippen LogP contribution in [-0.2, 0) is 13.6 Å². The van der Waals surface area contributed by atoms with Crippen LogP contribution in [0.4, 0.5) is 5.82 Å². The molecule has 1 atom stereocenters. The fourth-order valence-electron chi connectivity index (χ4n) is 2.09. The molecule has 0 aliphatic heterocycles. The van der Waals surface area contributed by atoms with E-state index in [0.717, 1.165) is 16.9 Å². The molecule has 0 amide bonds. The molecule has 7 nitrogen and oxygen atoms in total. The predicted molar refractivity (Wildman–Crippen MR) is 73.9 cm³/mol. The van der Waals surface area contributed by atoms with Crippen molar-refractivity contribution >= 4 is 16.9 Å². The largest absolute Gasteiger partial charge is 0.392 e. The number of aromatic nitrogens is 4. The zero-order valence-electron chi connectivity index (χ0n) is 11.8. The second-order valence-electron chi connectivity index (χ2n) is 4.79. The molecular weight excluding hydrogens is 244 g/mol. The lowest BCUT2D eigenvalue weighted by molar-refractivity contribution is 0.137. The molecule has 2 rings (SSSR count). The monoisotopic (exact) mass is 264 g/mol. The normalized spacial score (nSPS) is 13.2. The van der Waals surface area contributed by atoms with Crippen molar-refractivity contribution in [1.82, 2.24) is 24.6 Å². The number of hydrogen-bond donors (Lipinski definition) is 2. The van der Waals surface area contributed by atoms with E-state index < -0.39 is 0 Å². The summed E-state index contributed by atoms with van der Waals surface area (Å²) in [5, 5.41) is 17.5. The minimum atomic E-state index is -0.366. The van der Waals surface area contributed by atoms with E-state index in [4.69, 9.17) is 0 Å². The molecule has 2 aromatic rings. The summed E-state index contributed by atoms with van der Waals surface area (Å²) in [6.45, 7) is 2.93. The third-order valence-electron chi connectivity index (χ3n) is 2.86. The Kier molecular flexibility index (Phi) is 3.96. The third-order valence-corrected chi connectivity index (χ3v) is 2.86. The van der Waals surface area contributed by atoms with Crippen LogP contribution in [0.3, 0.4) is 0 Å². The van der Waals surface area contributed by atoms with Crippen LogP contribution >= 0.6 is 0 Å². The Morgan fingerprint density at radius 1 is 1.47 bits per heavy atom. The summed E-state index contributed by atoms with van der Waals surface area (Å²) in [7, 11) is 5.62. The van der Waals surface area contributed by atoms with Crippen LogP contribution in [0.5, 0.6) is 0 Å². The molecular formula is C12H20N6O. The highest BCUT2D eigenvalue weighted by molar-refractivity contribution is 5.86. The fourth-order valence-corrected chi connectivity index (χ4v) is 2.09. The quantitative estimate of drug-likeness (QED) is 0.804. The first-order valence-electron chi connectivity index (χ1n) is 6.24. The first-order chi connectivity index (χ1) is 9.01. The Balaban J connectivity index is 2.30. The third kappa shape index (κ3) is 2.99. The lowest BCUT2D eigenvalue weighted by Gasteiger charge is -2.17. The van der Waals surface area contributed by atoms with E-state index in [1.165, 1.54) is 0 Å². The van der Waals surface area contributed by atoms with E-state index in [1.54, 1.807) is 17.8 Å². The lowest BCUT2D eigenvalue weighted by Crippen LogP contribution is -2.27. The van der Waals surface area contributed by atoms with Gasteiger partial charge in [-0.3, -0.25) is 9.58 Å². The number of nitrogens with zero attached hydrogens (tertiary/aromatic N) is 5. The Morgan fingerprint density at radius 2 is 2.21 bits per heavy atom. The van der Waals surface area contributed by atoms with E-state index in [9.17, 15) is 5.11 Å². The van der Waals surface area contributed by atoms with Gasteiger partial charge in [0.1, 0.15) is 11.6 Å². The average Bonchev–Trinajstić information content (AvgIpc) is 2.69. The molecule has 0 aliphatic rings. The molecule has 1 unspecified atom stereocenters. The summed E-state index contributed by atoms with van der Waals surface area (Å²) >= 11 is 0. The molecule has 0 saturated heterocycles. The molecule has 0 aliphatic carbocycles. The van der Waals surface area contributed by atoms with Gasteiger partial charge in [0.25, 0.3) is 0 Å². The van der Waals surface area contributed by atoms with Crippen LogP contribution in [0.2, 0.25) is 0 Å². The zero-order chi connectivity index (χ0) is 14.0. The van der Waals surface area contributed by atoms with Gasteiger partial charge in [0.15, 0.2) is 5.65 Å². The van der Waals surface area contributed by atoms with Crippen molar-refractivity contribution < 1.29 is 5.11 Å². The van der Waals surface area contributed by atoms with Gasteiger partial charge in [-0.2, -0.15) is 5.10 Å². The Hall–Kier alpha value is -1.73. The number of aliphatic hydroxyl groups excluding tert-OH is 1. The molecule has 19 heavy (non-hydrogen) atoms. The number of likely N-dealkylation sites (N-methyl/N-ethyl adjacent to an activating group) is 1. The molecule has 0 aromatic carbocycles. The minimum Gasteiger partial charge on any atom is -0.392 e. The lowest BCUT2D eigenvalue weighted by atomic mass is 10.3. The number of aryl methyl sites for hydroxylation is 1. The SMILES string of the molecule is CNc1nc(CN(C)CC(C)O)nc2c1cnn2C. The maximum absolute atomic E-state index is 9.38. The molecule has 0 saturated carbocycles. The first-order valence-corrected chi connectivity index (χ1v) is 6.24. The average molecular weight is 264 g/mol. The molecule has 0 spiro atoms. The van der Waals surface area contributed by atoms with E-state index in [0.29, 0.717) is 18.9 Å². The summed E-state index contributed by atoms with van der Waals surface area (Å²) in [6, 6.07) is 0. The van der Waals surface area contributed by atoms with E-state index >= 15 is 0 Å². The molecule has 2 heterocycles. The van der Waals surface area contributed by atoms with Gasteiger partial charge in [0.2, 0.25) is 0 Å². The Morgan fingerprint density at radius 3 is 2.84 bits per heavy atom. The van der Waals surface area contributed by atoms with Crippen LogP contribution in [0, 0.1) is 0 Å². The van der Waals surface area contributed by atoms with Crippen molar-refractivity contribution in [3.05, 3.63) is 12.0 Å². The van der Waals surface area contributed by atoms with Gasteiger partial charge in [-0.1, -0.05) is 0 Å². The minimum absolute atomic E-state index is 0.366. The zero-order valence-corrected chi connectivity index (χ0v) is 11.8. The molecule has 7 heteroatoms. The van der Waals surface area contributed by atoms with Gasteiger partial charge in [-0.25, -0.2) is 9.97 Å². The van der Waals surface area contributed by atoms with Crippen molar-refractivity contribution in [2.75, 3.05) is 26.0 Å². The first kappa shape index (κ1) is 13.7. The maximum Gasteiger partial charge on any atom is 0.163 e. The van der Waals surface area contributed by atoms with Gasteiger partial charge >= 0.3 is 0 Å². The summed E-state index contributed by atoms with van der Waals surface area (Å²) in [5.74, 6) is 1.49. The Labute approximate surface area is 112 Å². The van der Waals surface area contributed by atoms with Crippen LogP contribution in [0.25, 0.3) is 11.0 Å². The summed E-state index contributed by atoms with van der Waals surface area (Å²) < 4.78 is 1.73. The van der Waals surface area contributed by atoms with E-state index in [2.05, 4.69) is 20.4 Å². The highest BCUT2D eigenvalue weighted by Gasteiger charge is 2.12. The van der Waals surface area contributed by atoms with Gasteiger partial charge < -0.3 is 10.4 Å². The predicted octanol–water partition coefficient (Wildman–Crippen LogP) is 0.218. The summed E-state index contributed by atoms with van der Waals surface area (Å²) in [6.07, 6.45) is 1.39. The van der Waals surface area contributed by atoms with Crippen molar-refractivity contribution in [1.29, 1.82) is 0 Å². The number of nitrogens with one attached hydrogen (secondary N) is 1. The van der Waals surface area contributed by atoms with Gasteiger partial charge in [0, 0.05) is 20.6 Å². The molecule has 0 bridgehead atoms. The maximum atomic E-state index is 9.38. The summed E-state index contributed by atoms with van der Waals surface area (Å²) in [5.41, 5.74) is 0.805. The fraction of sp³-hybridized carbons (Fsp3) is 0.583. The highest BCUT2D eigenvalue weighted by atomic mass is 16.3. The van der Waals surface area contributed by atoms with Crippen LogP contribution in [0.1, 0.15) is 12.7 Å². The molecule has 2 N–H and O–H groups in total. The van der Waals surface area contributed by atoms with Crippen LogP contribution in [-0.4, -0.2) is 56.5 Å². The topological polar surface area (TPSA) is 79.1 Å². The summed E-state index contributed by atoms with van der Waals surface area (Å²) in [4.78, 5) is 11.0. The second kappa shape index (κ2) is 5.50. The van der Waals surface area contributed by atoms with Crippen LogP contribution in [0.15, 0.2) is 6.20 Å². The Bertz CT molecular complexity index is 565. The molecule has 0 radical (unpaired) electrons. The van der Waals surface area contributed by atoms with Crippen molar-refractivity contribution in [2.45, 2.75) is 19.6 Å². The molecule has 104 valence electrons. The highest BCUT2D eigenvalue weighted by Crippen LogP contribution is 2.19. The van der Waals surface area contributed by atoms with Crippen molar-refractivity contribution in [3.63, 3.8) is 0 Å². The number of rotatable bonds is 5. The van der Waals surface area contributed by atoms with Gasteiger partial charge in [-0.15, -0.1) is 0 Å². The number of fused-ring (bicyclic) bond motifs is 1. The van der Waals surface area contributed by atoms with Crippen LogP contribution < -0.4 is 5.32 Å². The molecule has 2 aromatic heterocycles. The standard InChI is InChI=1S/C12H20N6O/c1-8(19)6-17(3)7-10-15-11(13-2)9-5-14-18(4)12(9)16-10/h5,8,19H,6-7H2,1-4H3,(H,13,15,16). The number of aliphatic hydroxyl groups is 1. The van der Waals surface area contributed by atoms with Crippen molar-refractivity contribution in [3.8, 4) is 0 Å². The van der Waals surface area contributed by atoms with Gasteiger partial charge in [-0.05, 0) is 14.0 Å².